The van der Waals surface area contributed by atoms with Crippen molar-refractivity contribution in [2.24, 2.45) is 5.92 Å². The van der Waals surface area contributed by atoms with Gasteiger partial charge in [-0.2, -0.15) is 0 Å². The molecule has 2 nitrogen and oxygen atoms in total. The third-order valence-corrected chi connectivity index (χ3v) is 5.94. The van der Waals surface area contributed by atoms with Gasteiger partial charge in [-0.05, 0) is 38.0 Å². The standard InChI is InChI=1S/C17H32N2/c1-3-15(11-14-7-8-14)19-13-17(9-5-6-10-17)18-12-16(19)4-2/h14-16,18H,3-13H2,1-2H3. The van der Waals surface area contributed by atoms with E-state index in [9.17, 15) is 0 Å². The Morgan fingerprint density at radius 2 is 1.95 bits per heavy atom. The highest BCUT2D eigenvalue weighted by Gasteiger charge is 2.43. The van der Waals surface area contributed by atoms with E-state index in [4.69, 9.17) is 0 Å². The summed E-state index contributed by atoms with van der Waals surface area (Å²) in [6, 6.07) is 1.65. The third kappa shape index (κ3) is 3.00. The first-order valence-electron chi connectivity index (χ1n) is 8.77. The zero-order chi connectivity index (χ0) is 13.3. The van der Waals surface area contributed by atoms with Gasteiger partial charge in [-0.3, -0.25) is 4.90 Å². The van der Waals surface area contributed by atoms with E-state index in [2.05, 4.69) is 24.1 Å². The molecule has 0 aromatic carbocycles. The first-order chi connectivity index (χ1) is 9.26. The average molecular weight is 264 g/mol. The molecule has 3 aliphatic rings. The fraction of sp³-hybridized carbons (Fsp3) is 1.00. The fourth-order valence-corrected chi connectivity index (χ4v) is 4.45. The topological polar surface area (TPSA) is 15.3 Å². The van der Waals surface area contributed by atoms with Gasteiger partial charge in [0.1, 0.15) is 0 Å². The molecule has 2 heteroatoms. The molecular weight excluding hydrogens is 232 g/mol. The van der Waals surface area contributed by atoms with Crippen LogP contribution in [0.5, 0.6) is 0 Å². The Balaban J connectivity index is 1.69. The Morgan fingerprint density at radius 1 is 1.21 bits per heavy atom. The van der Waals surface area contributed by atoms with Gasteiger partial charge in [0.15, 0.2) is 0 Å². The van der Waals surface area contributed by atoms with Crippen LogP contribution in [0.15, 0.2) is 0 Å². The number of hydrogen-bond donors (Lipinski definition) is 1. The van der Waals surface area contributed by atoms with Gasteiger partial charge in [0.25, 0.3) is 0 Å². The van der Waals surface area contributed by atoms with Crippen LogP contribution in [0.25, 0.3) is 0 Å². The van der Waals surface area contributed by atoms with Gasteiger partial charge in [-0.25, -0.2) is 0 Å². The summed E-state index contributed by atoms with van der Waals surface area (Å²) in [6.07, 6.45) is 12.9. The van der Waals surface area contributed by atoms with Gasteiger partial charge in [0, 0.05) is 30.7 Å². The summed E-state index contributed by atoms with van der Waals surface area (Å²) >= 11 is 0. The maximum atomic E-state index is 3.93. The quantitative estimate of drug-likeness (QED) is 0.817. The molecule has 3 rings (SSSR count). The van der Waals surface area contributed by atoms with Crippen LogP contribution in [0.2, 0.25) is 0 Å². The molecule has 0 radical (unpaired) electrons. The Hall–Kier alpha value is -0.0800. The second-order valence-corrected chi connectivity index (χ2v) is 7.34. The minimum atomic E-state index is 0.489. The number of hydrogen-bond acceptors (Lipinski definition) is 2. The highest BCUT2D eigenvalue weighted by Crippen LogP contribution is 2.39. The predicted molar refractivity (Wildman–Crippen MR) is 81.4 cm³/mol. The minimum absolute atomic E-state index is 0.489. The van der Waals surface area contributed by atoms with Crippen LogP contribution in [0.1, 0.15) is 71.6 Å². The van der Waals surface area contributed by atoms with Crippen LogP contribution < -0.4 is 5.32 Å². The van der Waals surface area contributed by atoms with E-state index in [0.717, 1.165) is 18.0 Å². The molecule has 1 saturated heterocycles. The highest BCUT2D eigenvalue weighted by atomic mass is 15.3. The molecule has 19 heavy (non-hydrogen) atoms. The van der Waals surface area contributed by atoms with Gasteiger partial charge in [0.2, 0.25) is 0 Å². The van der Waals surface area contributed by atoms with E-state index in [1.165, 1.54) is 70.9 Å². The zero-order valence-corrected chi connectivity index (χ0v) is 13.0. The zero-order valence-electron chi connectivity index (χ0n) is 13.0. The van der Waals surface area contributed by atoms with Crippen molar-refractivity contribution in [2.75, 3.05) is 13.1 Å². The first-order valence-corrected chi connectivity index (χ1v) is 8.77. The minimum Gasteiger partial charge on any atom is -0.308 e. The van der Waals surface area contributed by atoms with Gasteiger partial charge < -0.3 is 5.32 Å². The lowest BCUT2D eigenvalue weighted by Crippen LogP contribution is -2.65. The van der Waals surface area contributed by atoms with Crippen LogP contribution in [0.4, 0.5) is 0 Å². The molecule has 0 bridgehead atoms. The second kappa shape index (κ2) is 5.73. The molecule has 2 atom stereocenters. The number of nitrogens with one attached hydrogen (secondary N) is 1. The summed E-state index contributed by atoms with van der Waals surface area (Å²) in [6.45, 7) is 7.34. The second-order valence-electron chi connectivity index (χ2n) is 7.34. The van der Waals surface area contributed by atoms with Crippen LogP contribution in [0, 0.1) is 5.92 Å². The summed E-state index contributed by atoms with van der Waals surface area (Å²) in [4.78, 5) is 2.92. The molecule has 0 aromatic rings. The van der Waals surface area contributed by atoms with Crippen LogP contribution >= 0.6 is 0 Å². The molecule has 3 fully saturated rings. The summed E-state index contributed by atoms with van der Waals surface area (Å²) in [7, 11) is 0. The van der Waals surface area contributed by atoms with E-state index in [1.807, 2.05) is 0 Å². The van der Waals surface area contributed by atoms with Gasteiger partial charge in [0.05, 0.1) is 0 Å². The molecule has 2 aliphatic carbocycles. The van der Waals surface area contributed by atoms with Gasteiger partial charge >= 0.3 is 0 Å². The van der Waals surface area contributed by atoms with E-state index in [0.29, 0.717) is 5.54 Å². The van der Waals surface area contributed by atoms with Crippen molar-refractivity contribution in [1.82, 2.24) is 10.2 Å². The number of piperazine rings is 1. The SMILES string of the molecule is CCC1CNC2(CCCC2)CN1C(CC)CC1CC1. The Labute approximate surface area is 119 Å². The van der Waals surface area contributed by atoms with Gasteiger partial charge in [-0.15, -0.1) is 0 Å². The van der Waals surface area contributed by atoms with Crippen molar-refractivity contribution < 1.29 is 0 Å². The molecule has 2 saturated carbocycles. The van der Waals surface area contributed by atoms with Crippen LogP contribution in [-0.4, -0.2) is 35.6 Å². The summed E-state index contributed by atoms with van der Waals surface area (Å²) in [5, 5.41) is 3.93. The fourth-order valence-electron chi connectivity index (χ4n) is 4.45. The monoisotopic (exact) mass is 264 g/mol. The summed E-state index contributed by atoms with van der Waals surface area (Å²) in [5.41, 5.74) is 0.489. The molecule has 0 aromatic heterocycles. The van der Waals surface area contributed by atoms with Crippen molar-refractivity contribution >= 4 is 0 Å². The van der Waals surface area contributed by atoms with E-state index >= 15 is 0 Å². The molecule has 0 amide bonds. The molecular formula is C17H32N2. The van der Waals surface area contributed by atoms with Crippen LogP contribution in [0.3, 0.4) is 0 Å². The Kier molecular flexibility index (Phi) is 4.19. The molecule has 110 valence electrons. The van der Waals surface area contributed by atoms with Crippen molar-refractivity contribution in [2.45, 2.75) is 89.3 Å². The normalized spacial score (nSPS) is 32.8. The summed E-state index contributed by atoms with van der Waals surface area (Å²) < 4.78 is 0. The molecule has 1 heterocycles. The molecule has 1 aliphatic heterocycles. The Bertz CT molecular complexity index is 292. The molecule has 1 spiro atoms. The lowest BCUT2D eigenvalue weighted by atomic mass is 9.89. The van der Waals surface area contributed by atoms with Crippen molar-refractivity contribution in [1.29, 1.82) is 0 Å². The molecule has 1 N–H and O–H groups in total. The van der Waals surface area contributed by atoms with Gasteiger partial charge in [-0.1, -0.05) is 39.5 Å². The number of nitrogens with zero attached hydrogens (tertiary/aromatic N) is 1. The van der Waals surface area contributed by atoms with Crippen molar-refractivity contribution in [3.63, 3.8) is 0 Å². The first kappa shape index (κ1) is 13.9. The van der Waals surface area contributed by atoms with Crippen LogP contribution in [-0.2, 0) is 0 Å². The summed E-state index contributed by atoms with van der Waals surface area (Å²) in [5.74, 6) is 1.07. The maximum Gasteiger partial charge on any atom is 0.0309 e. The van der Waals surface area contributed by atoms with Crippen molar-refractivity contribution in [3.8, 4) is 0 Å². The lowest BCUT2D eigenvalue weighted by molar-refractivity contribution is 0.0337. The lowest BCUT2D eigenvalue weighted by Gasteiger charge is -2.49. The smallest absolute Gasteiger partial charge is 0.0309 e. The highest BCUT2D eigenvalue weighted by molar-refractivity contribution is 5.02. The van der Waals surface area contributed by atoms with E-state index in [-0.39, 0.29) is 0 Å². The average Bonchev–Trinajstić information content (AvgIpc) is 3.16. The molecule has 2 unspecified atom stereocenters. The Morgan fingerprint density at radius 3 is 2.53 bits per heavy atom. The van der Waals surface area contributed by atoms with E-state index in [1.54, 1.807) is 0 Å². The predicted octanol–water partition coefficient (Wildman–Crippen LogP) is 3.56. The van der Waals surface area contributed by atoms with E-state index < -0.39 is 0 Å². The largest absolute Gasteiger partial charge is 0.308 e. The van der Waals surface area contributed by atoms with Crippen molar-refractivity contribution in [3.05, 3.63) is 0 Å². The third-order valence-electron chi connectivity index (χ3n) is 5.94. The maximum absolute atomic E-state index is 3.93. The number of rotatable bonds is 5.